The van der Waals surface area contributed by atoms with Gasteiger partial charge in [0.1, 0.15) is 52.8 Å². The van der Waals surface area contributed by atoms with Gasteiger partial charge >= 0.3 is 11.9 Å². The van der Waals surface area contributed by atoms with Gasteiger partial charge in [0.15, 0.2) is 34.3 Å². The third-order valence-corrected chi connectivity index (χ3v) is 14.8. The lowest BCUT2D eigenvalue weighted by atomic mass is 9.51. The van der Waals surface area contributed by atoms with E-state index in [2.05, 4.69) is 6.08 Å². The lowest BCUT2D eigenvalue weighted by molar-refractivity contribution is -0.373. The highest BCUT2D eigenvalue weighted by molar-refractivity contribution is 6.19. The van der Waals surface area contributed by atoms with Gasteiger partial charge in [0.25, 0.3) is 0 Å². The van der Waals surface area contributed by atoms with Crippen molar-refractivity contribution in [2.75, 3.05) is 13.7 Å². The Balaban J connectivity index is 1.14. The Morgan fingerprint density at radius 1 is 0.900 bits per heavy atom. The van der Waals surface area contributed by atoms with E-state index >= 15 is 4.79 Å². The Kier molecular flexibility index (Phi) is 12.5. The Morgan fingerprint density at radius 2 is 1.61 bits per heavy atom. The van der Waals surface area contributed by atoms with Gasteiger partial charge in [-0.1, -0.05) is 35.5 Å². The molecule has 2 aromatic rings. The van der Waals surface area contributed by atoms with Crippen LogP contribution in [-0.4, -0.2) is 106 Å². The Morgan fingerprint density at radius 3 is 2.30 bits per heavy atom. The number of ketones is 2. The number of esters is 2. The minimum Gasteiger partial charge on any atom is -0.482 e. The van der Waals surface area contributed by atoms with E-state index in [0.717, 1.165) is 5.57 Å². The average Bonchev–Trinajstić information content (AvgIpc) is 3.46. The molecule has 1 spiro atoms. The van der Waals surface area contributed by atoms with Crippen LogP contribution in [0.4, 0.5) is 0 Å². The van der Waals surface area contributed by atoms with Gasteiger partial charge in [0.2, 0.25) is 6.29 Å². The van der Waals surface area contributed by atoms with Gasteiger partial charge in [-0.2, -0.15) is 0 Å². The highest BCUT2D eigenvalue weighted by Gasteiger charge is 2.81. The van der Waals surface area contributed by atoms with Crippen LogP contribution in [0.15, 0.2) is 76.9 Å². The number of carbonyl (C=O) groups excluding carboxylic acids is 4. The minimum atomic E-state index is -1.71. The highest BCUT2D eigenvalue weighted by atomic mass is 16.8. The first-order valence-corrected chi connectivity index (χ1v) is 24.1. The molecule has 2 aromatic carbocycles. The van der Waals surface area contributed by atoms with Crippen LogP contribution in [0.3, 0.4) is 0 Å². The molecule has 8 aliphatic rings. The van der Waals surface area contributed by atoms with Gasteiger partial charge in [-0.15, -0.1) is 0 Å². The van der Waals surface area contributed by atoms with Crippen molar-refractivity contribution in [3.8, 4) is 23.0 Å². The molecule has 2 N–H and O–H groups in total. The average molecular weight is 965 g/mol. The molecule has 0 aromatic heterocycles. The zero-order chi connectivity index (χ0) is 50.5. The zero-order valence-electron chi connectivity index (χ0n) is 41.8. The predicted molar refractivity (Wildman–Crippen MR) is 255 cm³/mol. The molecule has 5 unspecified atom stereocenters. The summed E-state index contributed by atoms with van der Waals surface area (Å²) in [5.74, 6) is -3.60. The van der Waals surface area contributed by atoms with Crippen molar-refractivity contribution in [3.63, 3.8) is 0 Å². The first kappa shape index (κ1) is 49.6. The third kappa shape index (κ3) is 8.16. The number of benzene rings is 2. The lowest BCUT2D eigenvalue weighted by Gasteiger charge is -2.56. The normalized spacial score (nSPS) is 32.7. The SMILES string of the molecule is COC(=O)C(C)=CCC12OC(C)(C)C3CC(C=C4C(=O)c5c(OC(=O)c6ccc(O[C@@H]7O[C@@H]8COC(C)(C)O[C@H]8[C@H](O)[C@H]7O)cc6)c6c(c(CC=C(C)C)c5OC431)OC(C)(CCC=C(C)C)C=C6)C2=O. The van der Waals surface area contributed by atoms with Crippen LogP contribution in [0, 0.1) is 11.8 Å². The minimum absolute atomic E-state index is 0.00970. The van der Waals surface area contributed by atoms with Crippen molar-refractivity contribution in [1.82, 2.24) is 0 Å². The van der Waals surface area contributed by atoms with E-state index in [-0.39, 0.29) is 64.8 Å². The molecular formula is C55H64O15. The van der Waals surface area contributed by atoms with Crippen molar-refractivity contribution < 1.29 is 72.0 Å². The fourth-order valence-electron chi connectivity index (χ4n) is 11.3. The van der Waals surface area contributed by atoms with Crippen LogP contribution >= 0.6 is 0 Å². The Bertz CT molecular complexity index is 2680. The van der Waals surface area contributed by atoms with Crippen molar-refractivity contribution in [2.24, 2.45) is 11.8 Å². The molecule has 0 amide bonds. The zero-order valence-corrected chi connectivity index (χ0v) is 41.8. The van der Waals surface area contributed by atoms with Gasteiger partial charge in [-0.25, -0.2) is 9.59 Å². The summed E-state index contributed by atoms with van der Waals surface area (Å²) >= 11 is 0. The van der Waals surface area contributed by atoms with E-state index in [4.69, 9.17) is 42.6 Å². The third-order valence-electron chi connectivity index (χ3n) is 14.8. The van der Waals surface area contributed by atoms with E-state index in [1.54, 1.807) is 32.9 Å². The number of hydrogen-bond acceptors (Lipinski definition) is 15. The summed E-state index contributed by atoms with van der Waals surface area (Å²) in [4.78, 5) is 57.9. The summed E-state index contributed by atoms with van der Waals surface area (Å²) in [5, 5.41) is 21.9. The van der Waals surface area contributed by atoms with Gasteiger partial charge in [0, 0.05) is 35.0 Å². The van der Waals surface area contributed by atoms with E-state index in [0.29, 0.717) is 36.1 Å². The van der Waals surface area contributed by atoms with Crippen LogP contribution in [0.2, 0.25) is 0 Å². The monoisotopic (exact) mass is 964 g/mol. The maximum atomic E-state index is 15.8. The van der Waals surface area contributed by atoms with Crippen LogP contribution in [0.25, 0.3) is 6.08 Å². The number of fused-ring (bicyclic) bond motifs is 3. The molecule has 70 heavy (non-hydrogen) atoms. The quantitative estimate of drug-likeness (QED) is 0.0905. The van der Waals surface area contributed by atoms with E-state index in [1.807, 2.05) is 66.7 Å². The fourth-order valence-corrected chi connectivity index (χ4v) is 11.3. The molecule has 4 bridgehead atoms. The van der Waals surface area contributed by atoms with Crippen LogP contribution < -0.4 is 18.9 Å². The number of aliphatic hydroxyl groups excluding tert-OH is 2. The molecule has 4 fully saturated rings. The first-order valence-electron chi connectivity index (χ1n) is 24.1. The second-order valence-corrected chi connectivity index (χ2v) is 21.3. The number of allylic oxidation sites excluding steroid dienone is 5. The van der Waals surface area contributed by atoms with E-state index < -0.39 is 88.5 Å². The summed E-state index contributed by atoms with van der Waals surface area (Å²) in [6.07, 6.45) is 7.47. The number of ether oxygens (including phenoxy) is 9. The van der Waals surface area contributed by atoms with Gasteiger partial charge in [-0.05, 0) is 131 Å². The molecule has 5 aliphatic heterocycles. The lowest BCUT2D eigenvalue weighted by Crippen LogP contribution is -2.72. The largest absolute Gasteiger partial charge is 0.482 e. The second-order valence-electron chi connectivity index (χ2n) is 21.3. The number of methoxy groups -OCH3 is 1. The summed E-state index contributed by atoms with van der Waals surface area (Å²) in [5.41, 5.74) is -1.46. The molecule has 374 valence electrons. The number of aliphatic hydroxyl groups is 2. The number of carbonyl (C=O) groups is 4. The summed E-state index contributed by atoms with van der Waals surface area (Å²) in [6, 6.07) is 5.95. The van der Waals surface area contributed by atoms with Gasteiger partial charge in [-0.3, -0.25) is 9.59 Å². The van der Waals surface area contributed by atoms with Crippen molar-refractivity contribution >= 4 is 29.6 Å². The molecule has 15 heteroatoms. The number of Topliss-reactive ketones (excluding diaryl/α,β-unsaturated/α-hetero) is 2. The molecule has 10 atom stereocenters. The fraction of sp³-hybridized carbons (Fsp3) is 0.527. The molecule has 10 rings (SSSR count). The molecule has 5 heterocycles. The van der Waals surface area contributed by atoms with E-state index in [9.17, 15) is 24.6 Å². The molecule has 3 saturated heterocycles. The molecule has 0 radical (unpaired) electrons. The van der Waals surface area contributed by atoms with Gasteiger partial charge in [0.05, 0.1) is 30.4 Å². The predicted octanol–water partition coefficient (Wildman–Crippen LogP) is 7.82. The molecule has 3 aliphatic carbocycles. The topological polar surface area (TPSA) is 192 Å². The smallest absolute Gasteiger partial charge is 0.343 e. The van der Waals surface area contributed by atoms with Crippen LogP contribution in [-0.2, 0) is 39.7 Å². The standard InChI is InChI=1S/C55H64O15/c1-28(2)13-12-22-53(10)23-21-35-43(68-53)34(19-14-29(3)4)45-39(40(56)36-25-32-26-38-51(6,7)70-54(47(32)59,55(36,38)69-45)24-20-30(5)48(60)62-11)44(35)66-49(61)31-15-17-33(18-16-31)64-50-42(58)41(57)46-37(65-50)27-63-52(8,9)67-46/h13-18,20-21,23,25,32,37-38,41-42,46,50,57-58H,12,19,22,24,26-27H2,1-11H3/t32?,37-,38?,41-,42-,46-,50-,53?,54?,55?/m1/s1. The molecule has 15 nitrogen and oxygen atoms in total. The molecule has 1 saturated carbocycles. The van der Waals surface area contributed by atoms with Crippen LogP contribution in [0.1, 0.15) is 127 Å². The maximum absolute atomic E-state index is 15.8. The number of hydrogen-bond donors (Lipinski definition) is 2. The van der Waals surface area contributed by atoms with E-state index in [1.165, 1.54) is 36.9 Å². The van der Waals surface area contributed by atoms with Crippen LogP contribution in [0.5, 0.6) is 23.0 Å². The van der Waals surface area contributed by atoms with Crippen molar-refractivity contribution in [1.29, 1.82) is 0 Å². The van der Waals surface area contributed by atoms with Crippen molar-refractivity contribution in [3.05, 3.63) is 99.2 Å². The molecular weight excluding hydrogens is 901 g/mol. The maximum Gasteiger partial charge on any atom is 0.343 e. The second kappa shape index (κ2) is 17.7. The summed E-state index contributed by atoms with van der Waals surface area (Å²) < 4.78 is 56.4. The summed E-state index contributed by atoms with van der Waals surface area (Å²) in [7, 11) is 1.28. The Hall–Kier alpha value is -5.42. The Labute approximate surface area is 408 Å². The highest BCUT2D eigenvalue weighted by Crippen LogP contribution is 2.69. The first-order chi connectivity index (χ1) is 32.9. The van der Waals surface area contributed by atoms with Crippen molar-refractivity contribution in [2.45, 2.75) is 160 Å². The van der Waals surface area contributed by atoms with Gasteiger partial charge < -0.3 is 52.8 Å². The number of rotatable bonds is 12. The summed E-state index contributed by atoms with van der Waals surface area (Å²) in [6.45, 7) is 18.9.